The smallest absolute Gasteiger partial charge is 0.193 e. The van der Waals surface area contributed by atoms with Crippen LogP contribution < -0.4 is 10.1 Å². The third-order valence-electron chi connectivity index (χ3n) is 3.87. The molecule has 1 aromatic rings. The number of ether oxygens (including phenoxy) is 2. The molecule has 1 aromatic carbocycles. The number of hydrogen-bond acceptors (Lipinski definition) is 3. The second-order valence-electron chi connectivity index (χ2n) is 6.08. The van der Waals surface area contributed by atoms with Gasteiger partial charge in [-0.25, -0.2) is 0 Å². The molecule has 0 amide bonds. The minimum atomic E-state index is 0.605. The van der Waals surface area contributed by atoms with Gasteiger partial charge in [0, 0.05) is 27.2 Å². The van der Waals surface area contributed by atoms with Crippen molar-refractivity contribution in [3.63, 3.8) is 0 Å². The monoisotopic (exact) mass is 319 g/mol. The second-order valence-corrected chi connectivity index (χ2v) is 6.08. The molecule has 0 atom stereocenters. The highest BCUT2D eigenvalue weighted by Gasteiger charge is 2.21. The van der Waals surface area contributed by atoms with E-state index in [0.29, 0.717) is 13.2 Å². The average molecular weight is 319 g/mol. The van der Waals surface area contributed by atoms with Crippen molar-refractivity contribution in [2.45, 2.75) is 19.8 Å². The number of guanidine groups is 1. The van der Waals surface area contributed by atoms with Crippen LogP contribution in [0.25, 0.3) is 0 Å². The van der Waals surface area contributed by atoms with Crippen molar-refractivity contribution in [3.8, 4) is 5.75 Å². The molecule has 1 aliphatic rings. The lowest BCUT2D eigenvalue weighted by atomic mass is 10.2. The van der Waals surface area contributed by atoms with Gasteiger partial charge in [0.2, 0.25) is 0 Å². The van der Waals surface area contributed by atoms with Crippen LogP contribution in [0.3, 0.4) is 0 Å². The number of aliphatic imine (C=N–C) groups is 1. The zero-order valence-corrected chi connectivity index (χ0v) is 14.5. The highest BCUT2D eigenvalue weighted by Crippen LogP contribution is 2.28. The van der Waals surface area contributed by atoms with Crippen LogP contribution >= 0.6 is 0 Å². The fraction of sp³-hybridized carbons (Fsp3) is 0.611. The van der Waals surface area contributed by atoms with Crippen LogP contribution in [0.2, 0.25) is 0 Å². The molecular formula is C18H29N3O2. The van der Waals surface area contributed by atoms with Crippen LogP contribution in [0, 0.1) is 12.8 Å². The molecule has 5 heteroatoms. The lowest BCUT2D eigenvalue weighted by Gasteiger charge is -2.22. The molecule has 1 N–H and O–H groups in total. The van der Waals surface area contributed by atoms with E-state index < -0.39 is 0 Å². The van der Waals surface area contributed by atoms with Crippen molar-refractivity contribution < 1.29 is 9.47 Å². The molecular weight excluding hydrogens is 290 g/mol. The minimum absolute atomic E-state index is 0.605. The Labute approximate surface area is 139 Å². The molecule has 1 saturated carbocycles. The van der Waals surface area contributed by atoms with Gasteiger partial charge in [0.25, 0.3) is 0 Å². The van der Waals surface area contributed by atoms with Crippen molar-refractivity contribution in [1.82, 2.24) is 10.2 Å². The summed E-state index contributed by atoms with van der Waals surface area (Å²) in [5.41, 5.74) is 1.24. The van der Waals surface area contributed by atoms with E-state index in [2.05, 4.69) is 34.3 Å². The summed E-state index contributed by atoms with van der Waals surface area (Å²) in [7, 11) is 3.82. The van der Waals surface area contributed by atoms with E-state index in [1.165, 1.54) is 18.4 Å². The fourth-order valence-corrected chi connectivity index (χ4v) is 2.19. The first-order valence-corrected chi connectivity index (χ1v) is 8.38. The Balaban J connectivity index is 1.58. The maximum Gasteiger partial charge on any atom is 0.193 e. The van der Waals surface area contributed by atoms with Crippen LogP contribution in [0.1, 0.15) is 18.4 Å². The largest absolute Gasteiger partial charge is 0.492 e. The van der Waals surface area contributed by atoms with E-state index in [4.69, 9.17) is 9.47 Å². The van der Waals surface area contributed by atoms with E-state index in [1.54, 1.807) is 7.05 Å². The summed E-state index contributed by atoms with van der Waals surface area (Å²) in [6.45, 7) is 5.88. The molecule has 0 spiro atoms. The molecule has 0 unspecified atom stereocenters. The highest BCUT2D eigenvalue weighted by molar-refractivity contribution is 5.79. The Kier molecular flexibility index (Phi) is 7.20. The third-order valence-corrected chi connectivity index (χ3v) is 3.87. The van der Waals surface area contributed by atoms with Crippen LogP contribution in [-0.4, -0.2) is 57.9 Å². The normalized spacial score (nSPS) is 14.7. The number of nitrogens with one attached hydrogen (secondary N) is 1. The Morgan fingerprint density at radius 3 is 2.65 bits per heavy atom. The lowest BCUT2D eigenvalue weighted by molar-refractivity contribution is 0.115. The first kappa shape index (κ1) is 17.6. The molecule has 0 radical (unpaired) electrons. The Morgan fingerprint density at radius 2 is 2.00 bits per heavy atom. The summed E-state index contributed by atoms with van der Waals surface area (Å²) in [5, 5.41) is 3.31. The average Bonchev–Trinajstić information content (AvgIpc) is 3.37. The molecule has 23 heavy (non-hydrogen) atoms. The highest BCUT2D eigenvalue weighted by atomic mass is 16.5. The Hall–Kier alpha value is -1.75. The predicted molar refractivity (Wildman–Crippen MR) is 94.2 cm³/mol. The van der Waals surface area contributed by atoms with Gasteiger partial charge in [-0.3, -0.25) is 4.99 Å². The van der Waals surface area contributed by atoms with Crippen molar-refractivity contribution >= 4 is 5.96 Å². The summed E-state index contributed by atoms with van der Waals surface area (Å²) in [5.74, 6) is 2.58. The lowest BCUT2D eigenvalue weighted by Crippen LogP contribution is -2.42. The van der Waals surface area contributed by atoms with E-state index in [9.17, 15) is 0 Å². The summed E-state index contributed by atoms with van der Waals surface area (Å²) in [6.07, 6.45) is 2.67. The van der Waals surface area contributed by atoms with Crippen molar-refractivity contribution in [2.24, 2.45) is 10.9 Å². The summed E-state index contributed by atoms with van der Waals surface area (Å²) < 4.78 is 11.4. The van der Waals surface area contributed by atoms with E-state index in [0.717, 1.165) is 37.4 Å². The van der Waals surface area contributed by atoms with Gasteiger partial charge in [0.15, 0.2) is 5.96 Å². The quantitative estimate of drug-likeness (QED) is 0.431. The van der Waals surface area contributed by atoms with Crippen LogP contribution in [0.4, 0.5) is 0 Å². The van der Waals surface area contributed by atoms with Crippen LogP contribution in [0.15, 0.2) is 29.3 Å². The molecule has 0 bridgehead atoms. The van der Waals surface area contributed by atoms with Crippen LogP contribution in [-0.2, 0) is 4.74 Å². The molecule has 0 heterocycles. The van der Waals surface area contributed by atoms with E-state index >= 15 is 0 Å². The van der Waals surface area contributed by atoms with Gasteiger partial charge in [0.05, 0.1) is 13.2 Å². The zero-order chi connectivity index (χ0) is 16.5. The molecule has 0 aliphatic heterocycles. The Bertz CT molecular complexity index is 484. The fourth-order valence-electron chi connectivity index (χ4n) is 2.19. The molecule has 0 saturated heterocycles. The number of benzene rings is 1. The predicted octanol–water partition coefficient (Wildman–Crippen LogP) is 2.31. The number of hydrogen-bond donors (Lipinski definition) is 1. The molecule has 1 aliphatic carbocycles. The maximum atomic E-state index is 5.71. The van der Waals surface area contributed by atoms with Crippen molar-refractivity contribution in [2.75, 3.05) is 47.0 Å². The van der Waals surface area contributed by atoms with Gasteiger partial charge in [0.1, 0.15) is 12.4 Å². The van der Waals surface area contributed by atoms with Gasteiger partial charge in [-0.15, -0.1) is 0 Å². The number of likely N-dealkylation sites (N-methyl/N-ethyl adjacent to an activating group) is 1. The van der Waals surface area contributed by atoms with Crippen LogP contribution in [0.5, 0.6) is 5.75 Å². The summed E-state index contributed by atoms with van der Waals surface area (Å²) in [4.78, 5) is 6.37. The maximum absolute atomic E-state index is 5.71. The minimum Gasteiger partial charge on any atom is -0.492 e. The molecule has 128 valence electrons. The first-order valence-electron chi connectivity index (χ1n) is 8.38. The summed E-state index contributed by atoms with van der Waals surface area (Å²) >= 11 is 0. The topological polar surface area (TPSA) is 46.1 Å². The zero-order valence-electron chi connectivity index (χ0n) is 14.5. The van der Waals surface area contributed by atoms with Gasteiger partial charge < -0.3 is 19.7 Å². The summed E-state index contributed by atoms with van der Waals surface area (Å²) in [6, 6.07) is 8.09. The second kappa shape index (κ2) is 9.40. The number of aryl methyl sites for hydroxylation is 1. The third kappa shape index (κ3) is 6.91. The first-order chi connectivity index (χ1) is 11.2. The van der Waals surface area contributed by atoms with Gasteiger partial charge in [-0.2, -0.15) is 0 Å². The van der Waals surface area contributed by atoms with Gasteiger partial charge in [-0.1, -0.05) is 17.7 Å². The van der Waals surface area contributed by atoms with E-state index in [-0.39, 0.29) is 0 Å². The van der Waals surface area contributed by atoms with Crippen molar-refractivity contribution in [1.29, 1.82) is 0 Å². The number of nitrogens with zero attached hydrogens (tertiary/aromatic N) is 2. The number of rotatable bonds is 9. The SMILES string of the molecule is CN=C(NCCOc1ccc(C)cc1)N(C)CCOCC1CC1. The standard InChI is InChI=1S/C18H29N3O2/c1-15-4-8-17(9-5-15)23-12-10-20-18(19-2)21(3)11-13-22-14-16-6-7-16/h4-5,8-9,16H,6-7,10-14H2,1-3H3,(H,19,20). The Morgan fingerprint density at radius 1 is 1.26 bits per heavy atom. The van der Waals surface area contributed by atoms with Gasteiger partial charge in [-0.05, 0) is 37.8 Å². The molecule has 2 rings (SSSR count). The van der Waals surface area contributed by atoms with Crippen molar-refractivity contribution in [3.05, 3.63) is 29.8 Å². The molecule has 1 fully saturated rings. The van der Waals surface area contributed by atoms with E-state index in [1.807, 2.05) is 19.2 Å². The molecule has 5 nitrogen and oxygen atoms in total. The van der Waals surface area contributed by atoms with Gasteiger partial charge >= 0.3 is 0 Å². The molecule has 0 aromatic heterocycles.